The Labute approximate surface area is 98.2 Å². The average molecular weight is 221 g/mol. The second kappa shape index (κ2) is 5.48. The third kappa shape index (κ3) is 3.08. The largest absolute Gasteiger partial charge is 0.310 e. The third-order valence-corrected chi connectivity index (χ3v) is 3.34. The zero-order valence-electron chi connectivity index (χ0n) is 10.5. The molecule has 0 bridgehead atoms. The molecule has 0 unspecified atom stereocenters. The van der Waals surface area contributed by atoms with Crippen LogP contribution in [0.4, 0.5) is 0 Å². The van der Waals surface area contributed by atoms with Gasteiger partial charge in [-0.05, 0) is 26.2 Å². The summed E-state index contributed by atoms with van der Waals surface area (Å²) >= 11 is 0. The van der Waals surface area contributed by atoms with Gasteiger partial charge in [0.05, 0.1) is 6.20 Å². The Morgan fingerprint density at radius 2 is 2.25 bits per heavy atom. The minimum atomic E-state index is 0.780. The molecule has 1 saturated carbocycles. The van der Waals surface area contributed by atoms with E-state index in [1.54, 1.807) is 0 Å². The topological polar surface area (TPSA) is 29.9 Å². The van der Waals surface area contributed by atoms with Crippen LogP contribution in [0.25, 0.3) is 0 Å². The molecule has 1 aliphatic rings. The lowest BCUT2D eigenvalue weighted by Crippen LogP contribution is -2.15. The van der Waals surface area contributed by atoms with E-state index in [-0.39, 0.29) is 0 Å². The number of nitrogens with zero attached hydrogens (tertiary/aromatic N) is 2. The van der Waals surface area contributed by atoms with Crippen molar-refractivity contribution in [3.63, 3.8) is 0 Å². The van der Waals surface area contributed by atoms with E-state index in [0.29, 0.717) is 0 Å². The summed E-state index contributed by atoms with van der Waals surface area (Å²) in [5.41, 5.74) is 2.70. The van der Waals surface area contributed by atoms with Crippen molar-refractivity contribution in [3.8, 4) is 0 Å². The zero-order chi connectivity index (χ0) is 11.4. The maximum atomic E-state index is 4.46. The third-order valence-electron chi connectivity index (χ3n) is 3.34. The first-order chi connectivity index (χ1) is 7.81. The van der Waals surface area contributed by atoms with Gasteiger partial charge >= 0.3 is 0 Å². The minimum absolute atomic E-state index is 0.780. The average Bonchev–Trinajstić information content (AvgIpc) is 3.04. The van der Waals surface area contributed by atoms with Gasteiger partial charge in [0.1, 0.15) is 0 Å². The van der Waals surface area contributed by atoms with E-state index < -0.39 is 0 Å². The molecule has 0 amide bonds. The quantitative estimate of drug-likeness (QED) is 0.717. The predicted octanol–water partition coefficient (Wildman–Crippen LogP) is 2.63. The zero-order valence-corrected chi connectivity index (χ0v) is 10.5. The maximum Gasteiger partial charge on any atom is 0.0537 e. The molecule has 1 aromatic heterocycles. The van der Waals surface area contributed by atoms with E-state index in [1.807, 2.05) is 6.20 Å². The summed E-state index contributed by atoms with van der Waals surface area (Å²) in [6, 6.07) is 0.780. The Kier molecular flexibility index (Phi) is 3.99. The van der Waals surface area contributed by atoms with Crippen LogP contribution >= 0.6 is 0 Å². The normalized spacial score (nSPS) is 15.6. The van der Waals surface area contributed by atoms with E-state index in [1.165, 1.54) is 43.4 Å². The summed E-state index contributed by atoms with van der Waals surface area (Å²) in [4.78, 5) is 0. The van der Waals surface area contributed by atoms with Gasteiger partial charge in [-0.2, -0.15) is 5.10 Å². The second-order valence-electron chi connectivity index (χ2n) is 4.84. The minimum Gasteiger partial charge on any atom is -0.310 e. The van der Waals surface area contributed by atoms with Crippen LogP contribution in [0.5, 0.6) is 0 Å². The van der Waals surface area contributed by atoms with Gasteiger partial charge in [0.2, 0.25) is 0 Å². The Morgan fingerprint density at radius 1 is 1.44 bits per heavy atom. The van der Waals surface area contributed by atoms with Crippen molar-refractivity contribution in [2.24, 2.45) is 0 Å². The molecule has 1 aromatic rings. The van der Waals surface area contributed by atoms with E-state index in [2.05, 4.69) is 28.9 Å². The number of rotatable bonds is 7. The van der Waals surface area contributed by atoms with Crippen molar-refractivity contribution < 1.29 is 0 Å². The lowest BCUT2D eigenvalue weighted by molar-refractivity contribution is 0.541. The number of hydrogen-bond donors (Lipinski definition) is 1. The molecule has 1 aliphatic carbocycles. The first kappa shape index (κ1) is 11.6. The summed E-state index contributed by atoms with van der Waals surface area (Å²) in [5, 5.41) is 8.00. The number of hydrogen-bond acceptors (Lipinski definition) is 2. The molecule has 0 radical (unpaired) electrons. The van der Waals surface area contributed by atoms with Crippen molar-refractivity contribution >= 4 is 0 Å². The highest BCUT2D eigenvalue weighted by atomic mass is 15.3. The second-order valence-corrected chi connectivity index (χ2v) is 4.84. The van der Waals surface area contributed by atoms with E-state index in [4.69, 9.17) is 0 Å². The number of aryl methyl sites for hydroxylation is 1. The molecule has 1 fully saturated rings. The van der Waals surface area contributed by atoms with E-state index in [0.717, 1.165) is 19.1 Å². The Morgan fingerprint density at radius 3 is 2.94 bits per heavy atom. The first-order valence-corrected chi connectivity index (χ1v) is 6.56. The van der Waals surface area contributed by atoms with E-state index >= 15 is 0 Å². The molecule has 1 N–H and O–H groups in total. The van der Waals surface area contributed by atoms with Crippen molar-refractivity contribution in [3.05, 3.63) is 17.5 Å². The molecule has 16 heavy (non-hydrogen) atoms. The number of nitrogens with one attached hydrogen (secondary N) is 1. The van der Waals surface area contributed by atoms with Crippen LogP contribution in [0, 0.1) is 6.92 Å². The molecule has 0 saturated heterocycles. The van der Waals surface area contributed by atoms with Crippen LogP contribution in [0.3, 0.4) is 0 Å². The smallest absolute Gasteiger partial charge is 0.0537 e. The predicted molar refractivity (Wildman–Crippen MR) is 66.4 cm³/mol. The highest BCUT2D eigenvalue weighted by molar-refractivity contribution is 5.16. The van der Waals surface area contributed by atoms with Gasteiger partial charge in [-0.25, -0.2) is 0 Å². The fourth-order valence-electron chi connectivity index (χ4n) is 1.94. The molecule has 2 rings (SSSR count). The monoisotopic (exact) mass is 221 g/mol. The summed E-state index contributed by atoms with van der Waals surface area (Å²) in [6.07, 6.45) is 8.55. The van der Waals surface area contributed by atoms with Crippen LogP contribution in [0.15, 0.2) is 6.20 Å². The van der Waals surface area contributed by atoms with E-state index in [9.17, 15) is 0 Å². The first-order valence-electron chi connectivity index (χ1n) is 6.56. The highest BCUT2D eigenvalue weighted by Crippen LogP contribution is 2.19. The van der Waals surface area contributed by atoms with Crippen molar-refractivity contribution in [2.75, 3.05) is 0 Å². The van der Waals surface area contributed by atoms with Gasteiger partial charge in [-0.3, -0.25) is 4.68 Å². The SMILES string of the molecule is CCCCCn1ncc(CNC2CC2)c1C. The summed E-state index contributed by atoms with van der Waals surface area (Å²) in [6.45, 7) is 6.48. The van der Waals surface area contributed by atoms with Gasteiger partial charge < -0.3 is 5.32 Å². The molecule has 0 aliphatic heterocycles. The van der Waals surface area contributed by atoms with Crippen LogP contribution in [0.2, 0.25) is 0 Å². The number of unbranched alkanes of at least 4 members (excludes halogenated alkanes) is 2. The fraction of sp³-hybridized carbons (Fsp3) is 0.769. The van der Waals surface area contributed by atoms with Crippen LogP contribution in [-0.4, -0.2) is 15.8 Å². The standard InChI is InChI=1S/C13H23N3/c1-3-4-5-8-16-11(2)12(10-15-16)9-14-13-6-7-13/h10,13-14H,3-9H2,1-2H3. The molecule has 0 aromatic carbocycles. The summed E-state index contributed by atoms with van der Waals surface area (Å²) in [7, 11) is 0. The Bertz CT molecular complexity index is 326. The highest BCUT2D eigenvalue weighted by Gasteiger charge is 2.20. The molecular weight excluding hydrogens is 198 g/mol. The van der Waals surface area contributed by atoms with Gasteiger partial charge in [0.25, 0.3) is 0 Å². The molecule has 0 spiro atoms. The van der Waals surface area contributed by atoms with Gasteiger partial charge in [-0.15, -0.1) is 0 Å². The lowest BCUT2D eigenvalue weighted by Gasteiger charge is -2.05. The molecule has 3 nitrogen and oxygen atoms in total. The maximum absolute atomic E-state index is 4.46. The molecular formula is C13H23N3. The summed E-state index contributed by atoms with van der Waals surface area (Å²) < 4.78 is 2.15. The Hall–Kier alpha value is -0.830. The van der Waals surface area contributed by atoms with Gasteiger partial charge in [0, 0.05) is 30.4 Å². The van der Waals surface area contributed by atoms with Crippen molar-refractivity contribution in [1.29, 1.82) is 0 Å². The van der Waals surface area contributed by atoms with Crippen LogP contribution in [-0.2, 0) is 13.1 Å². The van der Waals surface area contributed by atoms with Crippen molar-refractivity contribution in [1.82, 2.24) is 15.1 Å². The Balaban J connectivity index is 1.83. The van der Waals surface area contributed by atoms with Crippen LogP contribution < -0.4 is 5.32 Å². The molecule has 0 atom stereocenters. The summed E-state index contributed by atoms with van der Waals surface area (Å²) in [5.74, 6) is 0. The fourth-order valence-corrected chi connectivity index (χ4v) is 1.94. The van der Waals surface area contributed by atoms with Crippen molar-refractivity contribution in [2.45, 2.75) is 65.1 Å². The molecule has 3 heteroatoms. The van der Waals surface area contributed by atoms with Gasteiger partial charge in [-0.1, -0.05) is 19.8 Å². The van der Waals surface area contributed by atoms with Crippen LogP contribution in [0.1, 0.15) is 50.3 Å². The number of aromatic nitrogens is 2. The molecule has 1 heterocycles. The van der Waals surface area contributed by atoms with Gasteiger partial charge in [0.15, 0.2) is 0 Å². The molecule has 90 valence electrons. The lowest BCUT2D eigenvalue weighted by atomic mass is 10.2.